The SMILES string of the molecule is NC(CNC(=O)C1CCCCCC1)C1CC1. The molecule has 3 nitrogen and oxygen atoms in total. The van der Waals surface area contributed by atoms with Crippen LogP contribution in [0, 0.1) is 11.8 Å². The summed E-state index contributed by atoms with van der Waals surface area (Å²) in [6.45, 7) is 0.681. The molecule has 0 spiro atoms. The van der Waals surface area contributed by atoms with E-state index in [1.54, 1.807) is 0 Å². The molecule has 2 rings (SSSR count). The molecule has 0 radical (unpaired) electrons. The third-order valence-electron chi connectivity index (χ3n) is 3.97. The van der Waals surface area contributed by atoms with Crippen molar-refractivity contribution in [2.24, 2.45) is 17.6 Å². The summed E-state index contributed by atoms with van der Waals surface area (Å²) in [6, 6.07) is 0.190. The highest BCUT2D eigenvalue weighted by Crippen LogP contribution is 2.31. The molecule has 2 aliphatic carbocycles. The number of carbonyl (C=O) groups is 1. The van der Waals surface area contributed by atoms with E-state index in [4.69, 9.17) is 5.73 Å². The molecule has 2 aliphatic rings. The highest BCUT2D eigenvalue weighted by molar-refractivity contribution is 5.78. The van der Waals surface area contributed by atoms with Crippen LogP contribution in [-0.2, 0) is 4.79 Å². The van der Waals surface area contributed by atoms with Crippen molar-refractivity contribution in [3.05, 3.63) is 0 Å². The molecule has 0 heterocycles. The number of nitrogens with one attached hydrogen (secondary N) is 1. The van der Waals surface area contributed by atoms with Crippen molar-refractivity contribution >= 4 is 5.91 Å². The summed E-state index contributed by atoms with van der Waals surface area (Å²) in [5.74, 6) is 1.18. The molecule has 1 atom stereocenters. The monoisotopic (exact) mass is 224 g/mol. The smallest absolute Gasteiger partial charge is 0.223 e. The molecule has 92 valence electrons. The molecule has 1 unspecified atom stereocenters. The molecule has 0 aliphatic heterocycles. The number of nitrogens with two attached hydrogens (primary N) is 1. The number of amides is 1. The second-order valence-corrected chi connectivity index (χ2v) is 5.43. The van der Waals surface area contributed by atoms with Crippen LogP contribution in [0.4, 0.5) is 0 Å². The van der Waals surface area contributed by atoms with E-state index in [2.05, 4.69) is 5.32 Å². The fourth-order valence-corrected chi connectivity index (χ4v) is 2.60. The highest BCUT2D eigenvalue weighted by atomic mass is 16.1. The van der Waals surface area contributed by atoms with Gasteiger partial charge in [0.15, 0.2) is 0 Å². The van der Waals surface area contributed by atoms with Crippen LogP contribution in [0.5, 0.6) is 0 Å². The normalized spacial score (nSPS) is 24.8. The summed E-state index contributed by atoms with van der Waals surface area (Å²) in [4.78, 5) is 11.9. The van der Waals surface area contributed by atoms with Crippen LogP contribution in [0.1, 0.15) is 51.4 Å². The Morgan fingerprint density at radius 3 is 2.31 bits per heavy atom. The van der Waals surface area contributed by atoms with Crippen LogP contribution < -0.4 is 11.1 Å². The molecule has 3 heteroatoms. The second kappa shape index (κ2) is 5.67. The molecule has 2 saturated carbocycles. The van der Waals surface area contributed by atoms with Crippen molar-refractivity contribution in [3.8, 4) is 0 Å². The first-order valence-corrected chi connectivity index (χ1v) is 6.80. The Kier molecular flexibility index (Phi) is 4.22. The molecule has 0 aromatic rings. The second-order valence-electron chi connectivity index (χ2n) is 5.43. The van der Waals surface area contributed by atoms with Crippen molar-refractivity contribution in [1.29, 1.82) is 0 Å². The van der Waals surface area contributed by atoms with Gasteiger partial charge in [0, 0.05) is 18.5 Å². The van der Waals surface area contributed by atoms with Crippen LogP contribution in [0.3, 0.4) is 0 Å². The minimum atomic E-state index is 0.190. The third kappa shape index (κ3) is 3.48. The van der Waals surface area contributed by atoms with Gasteiger partial charge in [-0.05, 0) is 31.6 Å². The van der Waals surface area contributed by atoms with Gasteiger partial charge in [-0.1, -0.05) is 25.7 Å². The zero-order valence-electron chi connectivity index (χ0n) is 10.1. The average Bonchev–Trinajstić information content (AvgIpc) is 3.09. The maximum atomic E-state index is 11.9. The average molecular weight is 224 g/mol. The van der Waals surface area contributed by atoms with E-state index in [-0.39, 0.29) is 17.9 Å². The Hall–Kier alpha value is -0.570. The zero-order chi connectivity index (χ0) is 11.4. The van der Waals surface area contributed by atoms with E-state index in [9.17, 15) is 4.79 Å². The lowest BCUT2D eigenvalue weighted by Crippen LogP contribution is -2.41. The molecular formula is C13H24N2O. The Balaban J connectivity index is 1.68. The Morgan fingerprint density at radius 1 is 1.12 bits per heavy atom. The van der Waals surface area contributed by atoms with E-state index in [1.807, 2.05) is 0 Å². The van der Waals surface area contributed by atoms with Crippen molar-refractivity contribution < 1.29 is 4.79 Å². The third-order valence-corrected chi connectivity index (χ3v) is 3.97. The summed E-state index contributed by atoms with van der Waals surface area (Å²) in [5.41, 5.74) is 5.97. The molecule has 0 aromatic carbocycles. The van der Waals surface area contributed by atoms with Gasteiger partial charge >= 0.3 is 0 Å². The number of carbonyl (C=O) groups excluding carboxylic acids is 1. The van der Waals surface area contributed by atoms with E-state index in [0.29, 0.717) is 12.5 Å². The summed E-state index contributed by atoms with van der Waals surface area (Å²) in [6.07, 6.45) is 9.67. The topological polar surface area (TPSA) is 55.1 Å². The van der Waals surface area contributed by atoms with Gasteiger partial charge in [0.2, 0.25) is 5.91 Å². The van der Waals surface area contributed by atoms with Crippen molar-refractivity contribution in [1.82, 2.24) is 5.32 Å². The number of hydrogen-bond donors (Lipinski definition) is 2. The van der Waals surface area contributed by atoms with Gasteiger partial charge in [-0.2, -0.15) is 0 Å². The number of rotatable bonds is 4. The first-order valence-electron chi connectivity index (χ1n) is 6.80. The molecule has 16 heavy (non-hydrogen) atoms. The maximum absolute atomic E-state index is 11.9. The lowest BCUT2D eigenvalue weighted by atomic mass is 9.99. The number of hydrogen-bond acceptors (Lipinski definition) is 2. The predicted octanol–water partition coefficient (Wildman–Crippen LogP) is 1.81. The zero-order valence-corrected chi connectivity index (χ0v) is 10.1. The minimum absolute atomic E-state index is 0.190. The first-order chi connectivity index (χ1) is 7.77. The van der Waals surface area contributed by atoms with Gasteiger partial charge in [0.05, 0.1) is 0 Å². The summed E-state index contributed by atoms with van der Waals surface area (Å²) in [7, 11) is 0. The quantitative estimate of drug-likeness (QED) is 0.716. The fraction of sp³-hybridized carbons (Fsp3) is 0.923. The van der Waals surface area contributed by atoms with Gasteiger partial charge in [-0.25, -0.2) is 0 Å². The standard InChI is InChI=1S/C13H24N2O/c14-12(10-7-8-10)9-15-13(16)11-5-3-1-2-4-6-11/h10-12H,1-9,14H2,(H,15,16). The molecule has 0 bridgehead atoms. The predicted molar refractivity (Wildman–Crippen MR) is 64.9 cm³/mol. The van der Waals surface area contributed by atoms with Crippen LogP contribution >= 0.6 is 0 Å². The van der Waals surface area contributed by atoms with Crippen LogP contribution in [0.25, 0.3) is 0 Å². The molecule has 0 aromatic heterocycles. The van der Waals surface area contributed by atoms with E-state index < -0.39 is 0 Å². The summed E-state index contributed by atoms with van der Waals surface area (Å²) in [5, 5.41) is 3.04. The van der Waals surface area contributed by atoms with E-state index in [0.717, 1.165) is 12.8 Å². The Morgan fingerprint density at radius 2 is 1.75 bits per heavy atom. The maximum Gasteiger partial charge on any atom is 0.223 e. The van der Waals surface area contributed by atoms with Gasteiger partial charge < -0.3 is 11.1 Å². The Labute approximate surface area is 98.2 Å². The summed E-state index contributed by atoms with van der Waals surface area (Å²) < 4.78 is 0. The van der Waals surface area contributed by atoms with Crippen LogP contribution in [0.2, 0.25) is 0 Å². The van der Waals surface area contributed by atoms with E-state index in [1.165, 1.54) is 38.5 Å². The molecule has 3 N–H and O–H groups in total. The van der Waals surface area contributed by atoms with Crippen LogP contribution in [-0.4, -0.2) is 18.5 Å². The molecule has 2 fully saturated rings. The molecule has 0 saturated heterocycles. The van der Waals surface area contributed by atoms with Crippen molar-refractivity contribution in [2.75, 3.05) is 6.54 Å². The van der Waals surface area contributed by atoms with Gasteiger partial charge in [-0.15, -0.1) is 0 Å². The van der Waals surface area contributed by atoms with Gasteiger partial charge in [-0.3, -0.25) is 4.79 Å². The summed E-state index contributed by atoms with van der Waals surface area (Å²) >= 11 is 0. The van der Waals surface area contributed by atoms with Gasteiger partial charge in [0.1, 0.15) is 0 Å². The molecule has 1 amide bonds. The lowest BCUT2D eigenvalue weighted by Gasteiger charge is -2.16. The van der Waals surface area contributed by atoms with Crippen molar-refractivity contribution in [3.63, 3.8) is 0 Å². The van der Waals surface area contributed by atoms with Gasteiger partial charge in [0.25, 0.3) is 0 Å². The lowest BCUT2D eigenvalue weighted by molar-refractivity contribution is -0.125. The first kappa shape index (κ1) is 11.9. The molecular weight excluding hydrogens is 200 g/mol. The largest absolute Gasteiger partial charge is 0.354 e. The van der Waals surface area contributed by atoms with E-state index >= 15 is 0 Å². The fourth-order valence-electron chi connectivity index (χ4n) is 2.60. The van der Waals surface area contributed by atoms with Crippen molar-refractivity contribution in [2.45, 2.75) is 57.4 Å². The Bertz CT molecular complexity index is 230. The highest BCUT2D eigenvalue weighted by Gasteiger charge is 2.29. The van der Waals surface area contributed by atoms with Crippen LogP contribution in [0.15, 0.2) is 0 Å². The minimum Gasteiger partial charge on any atom is -0.354 e.